The van der Waals surface area contributed by atoms with Crippen molar-refractivity contribution in [2.75, 3.05) is 19.8 Å². The van der Waals surface area contributed by atoms with Crippen LogP contribution in [0.15, 0.2) is 30.3 Å². The van der Waals surface area contributed by atoms with Crippen LogP contribution in [0.1, 0.15) is 32.3 Å². The van der Waals surface area contributed by atoms with Crippen LogP contribution in [-0.4, -0.2) is 41.7 Å². The number of hydrogen-bond acceptors (Lipinski definition) is 3. The normalized spacial score (nSPS) is 22.0. The Kier molecular flexibility index (Phi) is 6.01. The zero-order valence-corrected chi connectivity index (χ0v) is 13.4. The lowest BCUT2D eigenvalue weighted by Crippen LogP contribution is -2.45. The Morgan fingerprint density at radius 2 is 2.09 bits per heavy atom. The topological polar surface area (TPSA) is 49.8 Å². The highest BCUT2D eigenvalue weighted by molar-refractivity contribution is 5.92. The Morgan fingerprint density at radius 3 is 2.73 bits per heavy atom. The molecule has 2 atom stereocenters. The van der Waals surface area contributed by atoms with Gasteiger partial charge in [0.2, 0.25) is 5.91 Å². The third-order valence-electron chi connectivity index (χ3n) is 4.13. The van der Waals surface area contributed by atoms with Crippen molar-refractivity contribution in [2.45, 2.75) is 32.7 Å². The minimum absolute atomic E-state index is 0.0135. The van der Waals surface area contributed by atoms with Crippen molar-refractivity contribution in [2.24, 2.45) is 5.92 Å². The number of aliphatic hydroxyl groups is 1. The first-order valence-corrected chi connectivity index (χ1v) is 7.96. The summed E-state index contributed by atoms with van der Waals surface area (Å²) in [5.74, 6) is 1.06. The molecule has 1 aromatic rings. The van der Waals surface area contributed by atoms with Gasteiger partial charge in [-0.15, -0.1) is 0 Å². The monoisotopic (exact) mass is 303 g/mol. The van der Waals surface area contributed by atoms with Gasteiger partial charge in [0.05, 0.1) is 6.61 Å². The molecule has 0 spiro atoms. The zero-order valence-electron chi connectivity index (χ0n) is 13.4. The van der Waals surface area contributed by atoms with Crippen LogP contribution in [0.3, 0.4) is 0 Å². The molecule has 1 N–H and O–H groups in total. The van der Waals surface area contributed by atoms with E-state index < -0.39 is 0 Å². The molecule has 1 heterocycles. The van der Waals surface area contributed by atoms with Crippen LogP contribution in [0.2, 0.25) is 0 Å². The van der Waals surface area contributed by atoms with Crippen LogP contribution >= 0.6 is 0 Å². The average Bonchev–Trinajstić information content (AvgIpc) is 2.54. The van der Waals surface area contributed by atoms with Crippen LogP contribution in [0.4, 0.5) is 0 Å². The average molecular weight is 303 g/mol. The molecule has 0 aromatic heterocycles. The maximum atomic E-state index is 12.3. The molecule has 1 amide bonds. The Labute approximate surface area is 132 Å². The quantitative estimate of drug-likeness (QED) is 0.851. The van der Waals surface area contributed by atoms with Gasteiger partial charge >= 0.3 is 0 Å². The second-order valence-corrected chi connectivity index (χ2v) is 5.80. The molecule has 22 heavy (non-hydrogen) atoms. The van der Waals surface area contributed by atoms with Gasteiger partial charge in [-0.2, -0.15) is 0 Å². The fourth-order valence-corrected chi connectivity index (χ4v) is 2.74. The highest BCUT2D eigenvalue weighted by Gasteiger charge is 2.27. The summed E-state index contributed by atoms with van der Waals surface area (Å²) in [7, 11) is 0. The van der Waals surface area contributed by atoms with Gasteiger partial charge in [0, 0.05) is 25.3 Å². The van der Waals surface area contributed by atoms with Crippen LogP contribution in [0, 0.1) is 5.92 Å². The second-order valence-electron chi connectivity index (χ2n) is 5.80. The number of carbonyl (C=O) groups excluding carboxylic acids is 1. The number of amides is 1. The van der Waals surface area contributed by atoms with Crippen molar-refractivity contribution in [3.8, 4) is 5.75 Å². The molecule has 0 saturated carbocycles. The van der Waals surface area contributed by atoms with Crippen molar-refractivity contribution in [1.82, 2.24) is 4.90 Å². The standard InChI is InChI=1S/C18H25NO3/c1-3-22-17-9-6-15(7-10-17)8-11-18(21)19-12-16(13-20)5-4-14(19)2/h6-11,14,16,20H,3-5,12-13H2,1-2H3/b11-8+. The van der Waals surface area contributed by atoms with Gasteiger partial charge in [-0.05, 0) is 56.4 Å². The van der Waals surface area contributed by atoms with E-state index in [4.69, 9.17) is 4.74 Å². The number of likely N-dealkylation sites (tertiary alicyclic amines) is 1. The summed E-state index contributed by atoms with van der Waals surface area (Å²) in [4.78, 5) is 14.2. The van der Waals surface area contributed by atoms with Crippen molar-refractivity contribution in [3.63, 3.8) is 0 Å². The molecule has 120 valence electrons. The van der Waals surface area contributed by atoms with Crippen LogP contribution in [-0.2, 0) is 4.79 Å². The fraction of sp³-hybridized carbons (Fsp3) is 0.500. The van der Waals surface area contributed by atoms with E-state index in [1.165, 1.54) is 0 Å². The summed E-state index contributed by atoms with van der Waals surface area (Å²) < 4.78 is 5.40. The molecule has 2 unspecified atom stereocenters. The largest absolute Gasteiger partial charge is 0.494 e. The fourth-order valence-electron chi connectivity index (χ4n) is 2.74. The van der Waals surface area contributed by atoms with Gasteiger partial charge in [-0.3, -0.25) is 4.79 Å². The van der Waals surface area contributed by atoms with Crippen LogP contribution in [0.5, 0.6) is 5.75 Å². The van der Waals surface area contributed by atoms with E-state index >= 15 is 0 Å². The Hall–Kier alpha value is -1.81. The smallest absolute Gasteiger partial charge is 0.246 e. The maximum Gasteiger partial charge on any atom is 0.246 e. The van der Waals surface area contributed by atoms with E-state index in [1.54, 1.807) is 6.08 Å². The first kappa shape index (κ1) is 16.6. The number of aliphatic hydroxyl groups excluding tert-OH is 1. The molecular weight excluding hydrogens is 278 g/mol. The van der Waals surface area contributed by atoms with Gasteiger partial charge in [0.25, 0.3) is 0 Å². The van der Waals surface area contributed by atoms with Crippen LogP contribution in [0.25, 0.3) is 6.08 Å². The van der Waals surface area contributed by atoms with Crippen LogP contribution < -0.4 is 4.74 Å². The molecule has 1 fully saturated rings. The van der Waals surface area contributed by atoms with E-state index in [0.29, 0.717) is 13.2 Å². The number of benzene rings is 1. The van der Waals surface area contributed by atoms with Crippen molar-refractivity contribution < 1.29 is 14.6 Å². The first-order valence-electron chi connectivity index (χ1n) is 7.96. The van der Waals surface area contributed by atoms with Gasteiger partial charge < -0.3 is 14.7 Å². The summed E-state index contributed by atoms with van der Waals surface area (Å²) in [6.07, 6.45) is 5.39. The molecule has 4 nitrogen and oxygen atoms in total. The van der Waals surface area contributed by atoms with Gasteiger partial charge in [-0.25, -0.2) is 0 Å². The predicted octanol–water partition coefficient (Wildman–Crippen LogP) is 2.72. The summed E-state index contributed by atoms with van der Waals surface area (Å²) in [5, 5.41) is 9.29. The third kappa shape index (κ3) is 4.34. The zero-order chi connectivity index (χ0) is 15.9. The third-order valence-corrected chi connectivity index (χ3v) is 4.13. The molecule has 1 aliphatic heterocycles. The number of rotatable bonds is 5. The van der Waals surface area contributed by atoms with E-state index in [-0.39, 0.29) is 24.5 Å². The van der Waals surface area contributed by atoms with Crippen molar-refractivity contribution in [1.29, 1.82) is 0 Å². The molecule has 1 aromatic carbocycles. The molecular formula is C18H25NO3. The lowest BCUT2D eigenvalue weighted by molar-refractivity contribution is -0.130. The number of carbonyl (C=O) groups is 1. The maximum absolute atomic E-state index is 12.3. The molecule has 0 radical (unpaired) electrons. The molecule has 1 saturated heterocycles. The Balaban J connectivity index is 1.97. The summed E-state index contributed by atoms with van der Waals surface area (Å²) in [6.45, 7) is 5.46. The summed E-state index contributed by atoms with van der Waals surface area (Å²) in [6, 6.07) is 7.91. The summed E-state index contributed by atoms with van der Waals surface area (Å²) >= 11 is 0. The number of nitrogens with zero attached hydrogens (tertiary/aromatic N) is 1. The summed E-state index contributed by atoms with van der Waals surface area (Å²) in [5.41, 5.74) is 0.972. The Bertz CT molecular complexity index is 510. The van der Waals surface area contributed by atoms with E-state index in [0.717, 1.165) is 24.2 Å². The molecule has 1 aliphatic rings. The van der Waals surface area contributed by atoms with E-state index in [9.17, 15) is 9.90 Å². The van der Waals surface area contributed by atoms with Gasteiger partial charge in [0.1, 0.15) is 5.75 Å². The predicted molar refractivity (Wildman–Crippen MR) is 87.6 cm³/mol. The van der Waals surface area contributed by atoms with E-state index in [1.807, 2.05) is 42.2 Å². The lowest BCUT2D eigenvalue weighted by Gasteiger charge is -2.36. The number of piperidine rings is 1. The number of ether oxygens (including phenoxy) is 1. The Morgan fingerprint density at radius 1 is 1.36 bits per heavy atom. The van der Waals surface area contributed by atoms with Crippen molar-refractivity contribution >= 4 is 12.0 Å². The van der Waals surface area contributed by atoms with Gasteiger partial charge in [0.15, 0.2) is 0 Å². The van der Waals surface area contributed by atoms with Gasteiger partial charge in [-0.1, -0.05) is 12.1 Å². The first-order chi connectivity index (χ1) is 10.6. The minimum Gasteiger partial charge on any atom is -0.494 e. The highest BCUT2D eigenvalue weighted by atomic mass is 16.5. The number of hydrogen-bond donors (Lipinski definition) is 1. The van der Waals surface area contributed by atoms with Crippen molar-refractivity contribution in [3.05, 3.63) is 35.9 Å². The lowest BCUT2D eigenvalue weighted by atomic mass is 9.94. The van der Waals surface area contributed by atoms with E-state index in [2.05, 4.69) is 6.92 Å². The SMILES string of the molecule is CCOc1ccc(/C=C/C(=O)N2CC(CO)CCC2C)cc1. The molecule has 0 aliphatic carbocycles. The highest BCUT2D eigenvalue weighted by Crippen LogP contribution is 2.22. The molecule has 4 heteroatoms. The minimum atomic E-state index is 0.0135. The molecule has 0 bridgehead atoms. The molecule has 2 rings (SSSR count). The second kappa shape index (κ2) is 7.99.